The van der Waals surface area contributed by atoms with Gasteiger partial charge in [0.1, 0.15) is 0 Å². The zero-order chi connectivity index (χ0) is 28.5. The van der Waals surface area contributed by atoms with Crippen LogP contribution in [0.4, 0.5) is 0 Å². The summed E-state index contributed by atoms with van der Waals surface area (Å²) in [6, 6.07) is 0. The second-order valence-corrected chi connectivity index (χ2v) is 11.9. The molecule has 0 saturated carbocycles. The summed E-state index contributed by atoms with van der Waals surface area (Å²) in [6.45, 7) is 4.54. The summed E-state index contributed by atoms with van der Waals surface area (Å²) < 4.78 is 5.00. The van der Waals surface area contributed by atoms with Crippen molar-refractivity contribution in [3.63, 3.8) is 0 Å². The fourth-order valence-corrected chi connectivity index (χ4v) is 5.21. The van der Waals surface area contributed by atoms with Crippen LogP contribution in [0.15, 0.2) is 12.2 Å². The Labute approximate surface area is 274 Å². The van der Waals surface area contributed by atoms with E-state index in [1.807, 2.05) is 0 Å². The van der Waals surface area contributed by atoms with Gasteiger partial charge in [0.05, 0.1) is 0 Å². The van der Waals surface area contributed by atoms with Crippen molar-refractivity contribution in [1.29, 1.82) is 0 Å². The summed E-state index contributed by atoms with van der Waals surface area (Å²) >= 11 is 0. The topological polar surface area (TPSA) is 43.4 Å². The Morgan fingerprint density at radius 2 is 0.675 bits per heavy atom. The third-order valence-corrected chi connectivity index (χ3v) is 7.85. The maximum Gasteiger partial charge on any atom is 1.00 e. The number of esters is 2. The Kier molecular flexibility index (Phi) is 38.8. The van der Waals surface area contributed by atoms with Gasteiger partial charge in [0.15, 0.2) is 0 Å². The number of ether oxygens (including phenoxy) is 1. The minimum absolute atomic E-state index is 0. The second-order valence-electron chi connectivity index (χ2n) is 11.9. The van der Waals surface area contributed by atoms with Crippen LogP contribution in [0, 0.1) is 0 Å². The average Bonchev–Trinajstić information content (AvgIpc) is 2.93. The van der Waals surface area contributed by atoms with Crippen molar-refractivity contribution in [2.24, 2.45) is 0 Å². The third-order valence-electron chi connectivity index (χ3n) is 7.85. The van der Waals surface area contributed by atoms with E-state index in [0.717, 1.165) is 32.1 Å². The Morgan fingerprint density at radius 3 is 0.975 bits per heavy atom. The molecule has 0 amide bonds. The largest absolute Gasteiger partial charge is 1.00 e. The number of unbranched alkanes of at least 4 members (excludes halogenated alkanes) is 25. The van der Waals surface area contributed by atoms with Crippen molar-refractivity contribution in [1.82, 2.24) is 0 Å². The van der Waals surface area contributed by atoms with Crippen LogP contribution in [0.1, 0.15) is 208 Å². The molecule has 0 aromatic carbocycles. The molecule has 0 bridgehead atoms. The van der Waals surface area contributed by atoms with Crippen LogP contribution >= 0.6 is 0 Å². The monoisotopic (exact) mass is 573 g/mol. The van der Waals surface area contributed by atoms with E-state index in [2.05, 4.69) is 26.0 Å². The molecule has 3 nitrogen and oxygen atoms in total. The first-order valence-electron chi connectivity index (χ1n) is 17.6. The number of carbonyl (C=O) groups is 2. The van der Waals surface area contributed by atoms with Gasteiger partial charge in [-0.25, -0.2) is 0 Å². The van der Waals surface area contributed by atoms with Crippen molar-refractivity contribution >= 4 is 11.9 Å². The molecule has 232 valence electrons. The van der Waals surface area contributed by atoms with E-state index in [-0.39, 0.29) is 42.9 Å². The Balaban J connectivity index is -0.00000722. The Morgan fingerprint density at radius 1 is 0.425 bits per heavy atom. The number of hydrogen-bond donors (Lipinski definition) is 0. The number of rotatable bonds is 31. The van der Waals surface area contributed by atoms with E-state index >= 15 is 0 Å². The maximum absolute atomic E-state index is 11.9. The minimum atomic E-state index is -0.335. The van der Waals surface area contributed by atoms with Gasteiger partial charge in [-0.1, -0.05) is 167 Å². The van der Waals surface area contributed by atoms with Gasteiger partial charge in [-0.2, -0.15) is 0 Å². The zero-order valence-electron chi connectivity index (χ0n) is 28.6. The van der Waals surface area contributed by atoms with Crippen molar-refractivity contribution in [3.8, 4) is 0 Å². The molecule has 0 atom stereocenters. The summed E-state index contributed by atoms with van der Waals surface area (Å²) in [4.78, 5) is 23.8. The van der Waals surface area contributed by atoms with Crippen molar-refractivity contribution in [2.75, 3.05) is 0 Å². The van der Waals surface area contributed by atoms with Gasteiger partial charge >= 0.3 is 41.5 Å². The molecular formula is C36H69NaO3. The second kappa shape index (κ2) is 36.9. The van der Waals surface area contributed by atoms with Gasteiger partial charge in [-0.3, -0.25) is 9.59 Å². The van der Waals surface area contributed by atoms with E-state index in [9.17, 15) is 9.59 Å². The van der Waals surface area contributed by atoms with E-state index in [1.54, 1.807) is 0 Å². The van der Waals surface area contributed by atoms with Crippen LogP contribution in [-0.2, 0) is 14.3 Å². The van der Waals surface area contributed by atoms with E-state index in [1.165, 1.54) is 148 Å². The van der Waals surface area contributed by atoms with E-state index in [4.69, 9.17) is 4.74 Å². The molecule has 0 unspecified atom stereocenters. The number of allylic oxidation sites excluding steroid dienone is 2. The smallest absolute Gasteiger partial charge is 1.00 e. The van der Waals surface area contributed by atoms with E-state index in [0.29, 0.717) is 12.8 Å². The molecule has 0 aliphatic carbocycles. The molecule has 0 fully saturated rings. The first kappa shape index (κ1) is 42.0. The zero-order valence-corrected chi connectivity index (χ0v) is 29.6. The summed E-state index contributed by atoms with van der Waals surface area (Å²) in [5.41, 5.74) is 0. The molecule has 0 rings (SSSR count). The molecular weight excluding hydrogens is 503 g/mol. The molecule has 0 radical (unpaired) electrons. The van der Waals surface area contributed by atoms with Crippen LogP contribution < -0.4 is 29.6 Å². The van der Waals surface area contributed by atoms with Crippen LogP contribution in [0.25, 0.3) is 0 Å². The van der Waals surface area contributed by atoms with E-state index < -0.39 is 0 Å². The minimum Gasteiger partial charge on any atom is -1.00 e. The summed E-state index contributed by atoms with van der Waals surface area (Å²) in [5, 5.41) is 0. The third kappa shape index (κ3) is 35.9. The Hall–Kier alpha value is -0.120. The SMILES string of the molecule is CCCCCCCC/C=C\CCCCCCCC(=O)OC(=O)CCCCCCCCCCCCCCCCC.[H-].[Na+]. The van der Waals surface area contributed by atoms with Crippen molar-refractivity contribution < 1.29 is 45.3 Å². The first-order valence-corrected chi connectivity index (χ1v) is 17.6. The quantitative estimate of drug-likeness (QED) is 0.0273. The van der Waals surface area contributed by atoms with Gasteiger partial charge in [0, 0.05) is 12.8 Å². The van der Waals surface area contributed by atoms with Crippen LogP contribution in [0.2, 0.25) is 0 Å². The van der Waals surface area contributed by atoms with Crippen LogP contribution in [-0.4, -0.2) is 11.9 Å². The van der Waals surface area contributed by atoms with Crippen LogP contribution in [0.3, 0.4) is 0 Å². The van der Waals surface area contributed by atoms with Gasteiger partial charge in [0.2, 0.25) is 0 Å². The van der Waals surface area contributed by atoms with Gasteiger partial charge < -0.3 is 6.16 Å². The molecule has 40 heavy (non-hydrogen) atoms. The number of hydrogen-bond acceptors (Lipinski definition) is 3. The van der Waals surface area contributed by atoms with Crippen LogP contribution in [0.5, 0.6) is 0 Å². The summed E-state index contributed by atoms with van der Waals surface area (Å²) in [7, 11) is 0. The molecule has 0 aromatic heterocycles. The number of carbonyl (C=O) groups excluding carboxylic acids is 2. The molecule has 0 saturated heterocycles. The molecule has 0 aliphatic heterocycles. The summed E-state index contributed by atoms with van der Waals surface area (Å²) in [6.07, 6.45) is 41.2. The maximum atomic E-state index is 11.9. The molecule has 4 heteroatoms. The van der Waals surface area contributed by atoms with Gasteiger partial charge in [0.25, 0.3) is 0 Å². The van der Waals surface area contributed by atoms with Gasteiger partial charge in [-0.05, 0) is 38.5 Å². The molecule has 0 spiro atoms. The normalized spacial score (nSPS) is 11.2. The standard InChI is InChI=1S/C36H68O3.Na.H/c1-3-5-7-9-11-13-15-17-19-21-23-25-27-29-31-33-35(37)39-36(38)34-32-30-28-26-24-22-20-18-16-14-12-10-8-6-4-2;;/h17,19H,3-16,18,20-34H2,1-2H3;;/q;+1;-1/b19-17-;;. The van der Waals surface area contributed by atoms with Gasteiger partial charge in [-0.15, -0.1) is 0 Å². The fraction of sp³-hybridized carbons (Fsp3) is 0.889. The Bertz CT molecular complexity index is 553. The molecule has 0 N–H and O–H groups in total. The van der Waals surface area contributed by atoms with Crippen molar-refractivity contribution in [3.05, 3.63) is 12.2 Å². The first-order chi connectivity index (χ1) is 19.2. The van der Waals surface area contributed by atoms with Crippen molar-refractivity contribution in [2.45, 2.75) is 206 Å². The summed E-state index contributed by atoms with van der Waals surface area (Å²) in [5.74, 6) is -0.666. The average molecular weight is 573 g/mol. The molecule has 0 aliphatic rings. The fourth-order valence-electron chi connectivity index (χ4n) is 5.21. The predicted octanol–water partition coefficient (Wildman–Crippen LogP) is 9.47. The predicted molar refractivity (Wildman–Crippen MR) is 171 cm³/mol. The molecule has 0 heterocycles. The molecule has 0 aromatic rings.